The third kappa shape index (κ3) is 7.44. The van der Waals surface area contributed by atoms with E-state index in [1.165, 1.54) is 0 Å². The number of nitrogens with two attached hydrogens (primary N) is 1. The van der Waals surface area contributed by atoms with Gasteiger partial charge in [-0.15, -0.1) is 0 Å². The second kappa shape index (κ2) is 13.4. The Morgan fingerprint density at radius 2 is 1.68 bits per heavy atom. The number of anilines is 2. The first-order valence-electron chi connectivity index (χ1n) is 12.7. The Morgan fingerprint density at radius 3 is 2.42 bits per heavy atom. The van der Waals surface area contributed by atoms with Gasteiger partial charge in [0.15, 0.2) is 5.76 Å². The molecule has 0 radical (unpaired) electrons. The molecule has 4 rings (SSSR count). The van der Waals surface area contributed by atoms with Crippen LogP contribution < -0.4 is 16.4 Å². The number of unbranched alkanes of at least 4 members (excludes halogenated alkanes) is 1. The third-order valence-electron chi connectivity index (χ3n) is 6.24. The van der Waals surface area contributed by atoms with Crippen molar-refractivity contribution in [2.24, 2.45) is 0 Å². The normalized spacial score (nSPS) is 16.7. The van der Waals surface area contributed by atoms with Crippen LogP contribution in [0.2, 0.25) is 0 Å². The highest BCUT2D eigenvalue weighted by Crippen LogP contribution is 2.31. The van der Waals surface area contributed by atoms with Crippen LogP contribution in [0.25, 0.3) is 0 Å². The van der Waals surface area contributed by atoms with E-state index >= 15 is 0 Å². The molecule has 8 nitrogen and oxygen atoms in total. The van der Waals surface area contributed by atoms with Gasteiger partial charge in [-0.25, -0.2) is 0 Å². The quantitative estimate of drug-likeness (QED) is 0.223. The zero-order valence-electron chi connectivity index (χ0n) is 21.1. The number of benzene rings is 3. The van der Waals surface area contributed by atoms with Crippen molar-refractivity contribution in [3.63, 3.8) is 0 Å². The number of aliphatic hydroxyl groups is 1. The van der Waals surface area contributed by atoms with Crippen molar-refractivity contribution in [2.75, 3.05) is 24.3 Å². The maximum atomic E-state index is 13.0. The summed E-state index contributed by atoms with van der Waals surface area (Å²) in [7, 11) is 0. The summed E-state index contributed by atoms with van der Waals surface area (Å²) in [5.74, 6) is -0.411. The second-order valence-electron chi connectivity index (χ2n) is 9.05. The van der Waals surface area contributed by atoms with Gasteiger partial charge in [0.2, 0.25) is 6.29 Å². The van der Waals surface area contributed by atoms with E-state index in [0.29, 0.717) is 42.8 Å². The summed E-state index contributed by atoms with van der Waals surface area (Å²) in [6, 6.07) is 24.0. The van der Waals surface area contributed by atoms with E-state index in [9.17, 15) is 9.59 Å². The van der Waals surface area contributed by atoms with E-state index in [0.717, 1.165) is 11.1 Å². The lowest BCUT2D eigenvalue weighted by Gasteiger charge is -2.29. The van der Waals surface area contributed by atoms with E-state index in [2.05, 4.69) is 10.6 Å². The third-order valence-corrected chi connectivity index (χ3v) is 6.24. The number of rotatable bonds is 11. The fourth-order valence-corrected chi connectivity index (χ4v) is 4.13. The Morgan fingerprint density at radius 1 is 0.947 bits per heavy atom. The molecule has 198 valence electrons. The van der Waals surface area contributed by atoms with Crippen molar-refractivity contribution in [2.45, 2.75) is 38.0 Å². The van der Waals surface area contributed by atoms with Crippen LogP contribution in [0.3, 0.4) is 0 Å². The number of amides is 2. The average Bonchev–Trinajstić information content (AvgIpc) is 2.96. The summed E-state index contributed by atoms with van der Waals surface area (Å²) in [6.45, 7) is 0.825. The minimum absolute atomic E-state index is 0.0232. The number of aliphatic hydroxyl groups excluding tert-OH is 1. The monoisotopic (exact) mass is 515 g/mol. The van der Waals surface area contributed by atoms with E-state index in [4.69, 9.17) is 20.3 Å². The highest BCUT2D eigenvalue weighted by atomic mass is 16.7. The standard InChI is InChI=1S/C30H33N3O5/c31-25-10-4-5-11-26(25)33-29(35)23-14-12-21(13-15-23)20-32-30(36)27-18-24(22-8-2-1-3-9-22)19-28(38-27)37-17-7-6-16-34/h1-5,8-15,18,24,28,34H,6-7,16-17,19-20,31H2,(H,32,36)(H,33,35)/t24-,28+/m1/s1. The van der Waals surface area contributed by atoms with Crippen LogP contribution in [0.1, 0.15) is 46.7 Å². The Balaban J connectivity index is 1.36. The number of nitrogen functional groups attached to an aromatic ring is 1. The number of carbonyl (C=O) groups excluding carboxylic acids is 2. The fraction of sp³-hybridized carbons (Fsp3) is 0.267. The average molecular weight is 516 g/mol. The largest absolute Gasteiger partial charge is 0.459 e. The molecule has 0 aliphatic carbocycles. The van der Waals surface area contributed by atoms with Gasteiger partial charge in [-0.2, -0.15) is 0 Å². The van der Waals surface area contributed by atoms with Gasteiger partial charge in [0.25, 0.3) is 11.8 Å². The van der Waals surface area contributed by atoms with Crippen LogP contribution in [0.5, 0.6) is 0 Å². The molecule has 0 aromatic heterocycles. The molecule has 0 spiro atoms. The van der Waals surface area contributed by atoms with Gasteiger partial charge < -0.3 is 30.9 Å². The lowest BCUT2D eigenvalue weighted by molar-refractivity contribution is -0.146. The number of carbonyl (C=O) groups is 2. The lowest BCUT2D eigenvalue weighted by atomic mass is 9.93. The molecule has 8 heteroatoms. The number of ether oxygens (including phenoxy) is 2. The Kier molecular flexibility index (Phi) is 9.50. The fourth-order valence-electron chi connectivity index (χ4n) is 4.13. The Labute approximate surface area is 222 Å². The minimum atomic E-state index is -0.555. The maximum Gasteiger partial charge on any atom is 0.286 e. The van der Waals surface area contributed by atoms with Gasteiger partial charge in [0.1, 0.15) is 0 Å². The van der Waals surface area contributed by atoms with Gasteiger partial charge >= 0.3 is 0 Å². The summed E-state index contributed by atoms with van der Waals surface area (Å²) >= 11 is 0. The Bertz CT molecular complexity index is 1240. The molecule has 5 N–H and O–H groups in total. The molecule has 2 atom stereocenters. The molecule has 1 heterocycles. The summed E-state index contributed by atoms with van der Waals surface area (Å²) in [5.41, 5.74) is 9.34. The van der Waals surface area contributed by atoms with Crippen molar-refractivity contribution in [3.8, 4) is 0 Å². The molecule has 0 unspecified atom stereocenters. The molecule has 3 aromatic carbocycles. The van der Waals surface area contributed by atoms with Crippen molar-refractivity contribution < 1.29 is 24.2 Å². The lowest BCUT2D eigenvalue weighted by Crippen LogP contribution is -2.32. The molecule has 0 bridgehead atoms. The molecular formula is C30H33N3O5. The number of nitrogens with one attached hydrogen (secondary N) is 2. The predicted octanol–water partition coefficient (Wildman–Crippen LogP) is 4.34. The first-order valence-corrected chi connectivity index (χ1v) is 12.7. The number of allylic oxidation sites excluding steroid dienone is 1. The number of hydrogen-bond acceptors (Lipinski definition) is 6. The molecule has 38 heavy (non-hydrogen) atoms. The first-order chi connectivity index (χ1) is 18.5. The van der Waals surface area contributed by atoms with Gasteiger partial charge in [0, 0.05) is 31.1 Å². The zero-order chi connectivity index (χ0) is 26.7. The molecule has 3 aromatic rings. The van der Waals surface area contributed by atoms with E-state index < -0.39 is 6.29 Å². The number of hydrogen-bond donors (Lipinski definition) is 4. The summed E-state index contributed by atoms with van der Waals surface area (Å²) in [5, 5.41) is 14.7. The van der Waals surface area contributed by atoms with Crippen molar-refractivity contribution in [1.82, 2.24) is 5.32 Å². The predicted molar refractivity (Wildman–Crippen MR) is 146 cm³/mol. The van der Waals surface area contributed by atoms with Crippen LogP contribution in [0.4, 0.5) is 11.4 Å². The van der Waals surface area contributed by atoms with Crippen molar-refractivity contribution in [1.29, 1.82) is 0 Å². The van der Waals surface area contributed by atoms with Gasteiger partial charge in [0.05, 0.1) is 18.0 Å². The molecular weight excluding hydrogens is 482 g/mol. The summed E-state index contributed by atoms with van der Waals surface area (Å²) in [4.78, 5) is 25.6. The topological polar surface area (TPSA) is 123 Å². The van der Waals surface area contributed by atoms with Crippen LogP contribution in [-0.2, 0) is 20.8 Å². The molecule has 1 aliphatic rings. The molecule has 2 amide bonds. The second-order valence-corrected chi connectivity index (χ2v) is 9.05. The van der Waals surface area contributed by atoms with Crippen LogP contribution in [-0.4, -0.2) is 36.4 Å². The van der Waals surface area contributed by atoms with Crippen molar-refractivity contribution >= 4 is 23.2 Å². The molecule has 0 saturated carbocycles. The van der Waals surface area contributed by atoms with Crippen LogP contribution in [0.15, 0.2) is 90.7 Å². The Hall–Kier alpha value is -4.14. The van der Waals surface area contributed by atoms with Gasteiger partial charge in [-0.1, -0.05) is 54.6 Å². The molecule has 0 fully saturated rings. The van der Waals surface area contributed by atoms with E-state index in [-0.39, 0.29) is 36.6 Å². The zero-order valence-corrected chi connectivity index (χ0v) is 21.1. The smallest absolute Gasteiger partial charge is 0.286 e. The highest BCUT2D eigenvalue weighted by Gasteiger charge is 2.28. The van der Waals surface area contributed by atoms with Crippen LogP contribution >= 0.6 is 0 Å². The summed E-state index contributed by atoms with van der Waals surface area (Å²) in [6.07, 6.45) is 3.24. The maximum absolute atomic E-state index is 13.0. The van der Waals surface area contributed by atoms with Gasteiger partial charge in [-0.3, -0.25) is 9.59 Å². The van der Waals surface area contributed by atoms with Crippen molar-refractivity contribution in [3.05, 3.63) is 107 Å². The van der Waals surface area contributed by atoms with E-state index in [1.807, 2.05) is 36.4 Å². The summed E-state index contributed by atoms with van der Waals surface area (Å²) < 4.78 is 11.8. The highest BCUT2D eigenvalue weighted by molar-refractivity contribution is 6.05. The van der Waals surface area contributed by atoms with Crippen LogP contribution in [0, 0.1) is 0 Å². The van der Waals surface area contributed by atoms with E-state index in [1.54, 1.807) is 48.5 Å². The molecule has 1 aliphatic heterocycles. The minimum Gasteiger partial charge on any atom is -0.459 e. The number of para-hydroxylation sites is 2. The van der Waals surface area contributed by atoms with Gasteiger partial charge in [-0.05, 0) is 54.3 Å². The first kappa shape index (κ1) is 26.9. The SMILES string of the molecule is Nc1ccccc1NC(=O)c1ccc(CNC(=O)C2=C[C@@H](c3ccccc3)C[C@@H](OCCCCO)O2)cc1. The molecule has 0 saturated heterocycles.